The number of rotatable bonds is 21. The van der Waals surface area contributed by atoms with Gasteiger partial charge in [-0.1, -0.05) is 75.0 Å². The lowest BCUT2D eigenvalue weighted by atomic mass is 9.80. The minimum atomic E-state index is -2.72. The maximum Gasteiger partial charge on any atom is 0.408 e. The maximum atomic E-state index is 15.7. The van der Waals surface area contributed by atoms with Gasteiger partial charge in [-0.25, -0.2) is 29.5 Å². The Balaban J connectivity index is 1.47. The molecular weight excluding hydrogens is 1420 g/mol. The molecule has 0 aliphatic carbocycles. The van der Waals surface area contributed by atoms with Crippen molar-refractivity contribution < 1.29 is 66.5 Å². The molecule has 7 heterocycles. The Morgan fingerprint density at radius 3 is 1.94 bits per heavy atom. The standard InChI is InChI=1S/C65H100N12O14S5Si3/c1-22-28-88-61(85)66-34(5)50(79)77-65-27-26-39(55-71-44(33-92-55)59(84)87-17)67-48(65)40-29-93-56(68-40)45(35(6)78)73-51(80)41-31-95-58(70-41)49(64(16,86)38(9)91-98(20,21)63(13,14)15)76-53(82)42-30-94-57(69-42)47(37(8)90-99(23-2,24-3)25-4)75-54(83)46(36(7)89-97(18,19)62(10,11)12)74-52(81)43-32-96-60(65)72-43/h22,29,31-38,42,45-49,78,86H,1,23-28,30H2,2-21H3,(H,66,85)(H,73,80)(H,74,81)(H,75,83)(H,76,82)(H,77,79)/t34-,35+,36+,37+,38+,42?,45?,46?,47?,48?,49?,64+,65?/m0/s1. The molecule has 4 aromatic heterocycles. The summed E-state index contributed by atoms with van der Waals surface area (Å²) >= 11 is 5.52. The SMILES string of the molecule is C=CCOC(=O)N[C@@H](C)C(=O)NC12CCC(c3nc(C(=O)OC)cs3)=NC1c1csc(n1)C([C@@H](C)O)NC(=O)c1csc(n1)C([C@](C)(O)[C@@H](C)O[Si](C)(C)C(C)(C)C)NC(=O)C1CSC(=N1)C([C@@H](C)O[Si](CC)(CC)CC)NC(=O)C([C@@H](C)O[Si](C)(C)C(C)(C)C)NC(=O)c1csc2n1. The molecule has 7 unspecified atom stereocenters. The number of thiazole rings is 4. The summed E-state index contributed by atoms with van der Waals surface area (Å²) in [6, 6.07) is -6.14. The summed E-state index contributed by atoms with van der Waals surface area (Å²) in [6.07, 6.45) is -3.33. The van der Waals surface area contributed by atoms with Gasteiger partial charge in [0, 0.05) is 27.3 Å². The number of ether oxygens (including phenoxy) is 2. The second kappa shape index (κ2) is 32.4. The highest BCUT2D eigenvalue weighted by Gasteiger charge is 2.52. The lowest BCUT2D eigenvalue weighted by Crippen LogP contribution is -2.60. The summed E-state index contributed by atoms with van der Waals surface area (Å²) in [6.45, 7) is 40.2. The number of nitrogens with one attached hydrogen (secondary N) is 6. The van der Waals surface area contributed by atoms with Gasteiger partial charge < -0.3 is 64.9 Å². The average molecular weight is 1520 g/mol. The Morgan fingerprint density at radius 2 is 1.33 bits per heavy atom. The molecule has 0 fully saturated rings. The number of hydrogen-bond acceptors (Lipinski definition) is 25. The van der Waals surface area contributed by atoms with Crippen LogP contribution in [0.4, 0.5) is 4.79 Å². The molecule has 4 aromatic rings. The van der Waals surface area contributed by atoms with Crippen LogP contribution in [0.3, 0.4) is 0 Å². The van der Waals surface area contributed by atoms with Crippen LogP contribution in [0.25, 0.3) is 0 Å². The van der Waals surface area contributed by atoms with Crippen molar-refractivity contribution in [3.8, 4) is 0 Å². The number of aliphatic imine (C=N–C) groups is 2. The number of hydrogen-bond donors (Lipinski definition) is 8. The van der Waals surface area contributed by atoms with Gasteiger partial charge in [0.2, 0.25) is 17.7 Å². The van der Waals surface area contributed by atoms with Crippen LogP contribution >= 0.6 is 57.1 Å². The van der Waals surface area contributed by atoms with Gasteiger partial charge in [0.25, 0.3) is 11.8 Å². The number of nitrogens with zero attached hydrogens (tertiary/aromatic N) is 6. The highest BCUT2D eigenvalue weighted by atomic mass is 32.2. The first-order valence-corrected chi connectivity index (χ1v) is 46.2. The van der Waals surface area contributed by atoms with Crippen molar-refractivity contribution in [2.45, 2.75) is 249 Å². The highest BCUT2D eigenvalue weighted by molar-refractivity contribution is 8.14. The molecule has 8 bridgehead atoms. The predicted octanol–water partition coefficient (Wildman–Crippen LogP) is 10.0. The van der Waals surface area contributed by atoms with Crippen molar-refractivity contribution in [3.05, 3.63) is 77.0 Å². The minimum absolute atomic E-state index is 0.00620. The molecule has 0 aromatic carbocycles. The number of carbonyl (C=O) groups is 7. The number of amides is 6. The number of alkyl carbamates (subject to hydrolysis) is 1. The number of thioether (sulfide) groups is 1. The zero-order valence-electron chi connectivity index (χ0n) is 60.4. The van der Waals surface area contributed by atoms with Gasteiger partial charge in [0.15, 0.2) is 30.6 Å². The summed E-state index contributed by atoms with van der Waals surface area (Å²) in [5.74, 6) is -4.02. The summed E-state index contributed by atoms with van der Waals surface area (Å²) in [5.41, 5.74) is -3.24. The van der Waals surface area contributed by atoms with Crippen molar-refractivity contribution in [2.75, 3.05) is 19.5 Å². The van der Waals surface area contributed by atoms with E-state index in [4.69, 9.17) is 47.7 Å². The molecule has 546 valence electrons. The molecule has 34 heteroatoms. The van der Waals surface area contributed by atoms with Gasteiger partial charge in [-0.3, -0.25) is 34.0 Å². The first-order valence-electron chi connectivity index (χ1n) is 33.3. The first kappa shape index (κ1) is 80.8. The predicted molar refractivity (Wildman–Crippen MR) is 396 cm³/mol. The smallest absolute Gasteiger partial charge is 0.408 e. The van der Waals surface area contributed by atoms with Gasteiger partial charge in [-0.15, -0.1) is 57.1 Å². The summed E-state index contributed by atoms with van der Waals surface area (Å²) in [5, 5.41) is 49.3. The largest absolute Gasteiger partial charge is 0.464 e. The molecule has 6 amide bonds. The normalized spacial score (nSPS) is 23.8. The third kappa shape index (κ3) is 18.5. The monoisotopic (exact) mass is 1520 g/mol. The summed E-state index contributed by atoms with van der Waals surface area (Å²) in [7, 11) is -6.53. The second-order valence-corrected chi connectivity index (χ2v) is 47.5. The van der Waals surface area contributed by atoms with Crippen LogP contribution < -0.4 is 31.9 Å². The summed E-state index contributed by atoms with van der Waals surface area (Å²) < 4.78 is 31.1. The second-order valence-electron chi connectivity index (χ2n) is 28.7. The van der Waals surface area contributed by atoms with E-state index in [1.807, 2.05) is 20.0 Å². The third-order valence-electron chi connectivity index (χ3n) is 19.7. The Kier molecular flexibility index (Phi) is 26.5. The van der Waals surface area contributed by atoms with Gasteiger partial charge in [-0.2, -0.15) is 0 Å². The molecule has 0 radical (unpaired) electrons. The van der Waals surface area contributed by atoms with Crippen LogP contribution in [0, 0.1) is 0 Å². The molecule has 0 saturated heterocycles. The van der Waals surface area contributed by atoms with Crippen LogP contribution in [0.15, 0.2) is 44.2 Å². The Hall–Kier alpha value is -5.51. The third-order valence-corrected chi connectivity index (χ3v) is 38.5. The number of esters is 1. The lowest BCUT2D eigenvalue weighted by Gasteiger charge is -2.44. The van der Waals surface area contributed by atoms with Gasteiger partial charge in [0.05, 0.1) is 48.0 Å². The van der Waals surface area contributed by atoms with Crippen LogP contribution in [-0.2, 0) is 42.7 Å². The van der Waals surface area contributed by atoms with E-state index in [9.17, 15) is 29.4 Å². The molecule has 0 spiro atoms. The number of aromatic nitrogens is 4. The van der Waals surface area contributed by atoms with E-state index in [0.717, 1.165) is 63.5 Å². The highest BCUT2D eigenvalue weighted by Crippen LogP contribution is 2.48. The van der Waals surface area contributed by atoms with E-state index in [2.05, 4.69) is 119 Å². The van der Waals surface area contributed by atoms with E-state index in [0.29, 0.717) is 15.8 Å². The number of aliphatic hydroxyl groups is 2. The Labute approximate surface area is 604 Å². The first-order chi connectivity index (χ1) is 46.1. The molecule has 3 aliphatic heterocycles. The van der Waals surface area contributed by atoms with Crippen LogP contribution in [-0.4, -0.2) is 181 Å². The van der Waals surface area contributed by atoms with Crippen LogP contribution in [0.5, 0.6) is 0 Å². The van der Waals surface area contributed by atoms with Crippen molar-refractivity contribution in [1.29, 1.82) is 0 Å². The topological polar surface area (TPSA) is 355 Å². The van der Waals surface area contributed by atoms with E-state index >= 15 is 14.4 Å². The Bertz CT molecular complexity index is 3640. The quantitative estimate of drug-likeness (QED) is 0.0218. The van der Waals surface area contributed by atoms with E-state index in [1.54, 1.807) is 26.2 Å². The molecular formula is C65H100N12O14S5Si3. The van der Waals surface area contributed by atoms with Crippen molar-refractivity contribution >= 4 is 134 Å². The van der Waals surface area contributed by atoms with Gasteiger partial charge in [0.1, 0.15) is 91.5 Å². The fourth-order valence-electron chi connectivity index (χ4n) is 11.1. The zero-order chi connectivity index (χ0) is 73.7. The molecule has 0 saturated carbocycles. The minimum Gasteiger partial charge on any atom is -0.464 e. The molecule has 13 atom stereocenters. The summed E-state index contributed by atoms with van der Waals surface area (Å²) in [4.78, 5) is 131. The molecule has 3 aliphatic rings. The van der Waals surface area contributed by atoms with E-state index < -0.39 is 144 Å². The Morgan fingerprint density at radius 1 is 0.737 bits per heavy atom. The van der Waals surface area contributed by atoms with Crippen molar-refractivity contribution in [3.63, 3.8) is 0 Å². The molecule has 26 nitrogen and oxygen atoms in total. The fraction of sp³-hybridized carbons (Fsp3) is 0.646. The van der Waals surface area contributed by atoms with Crippen molar-refractivity contribution in [1.82, 2.24) is 51.8 Å². The van der Waals surface area contributed by atoms with E-state index in [1.165, 1.54) is 54.9 Å². The average Bonchev–Trinajstić information content (AvgIpc) is 1.62. The van der Waals surface area contributed by atoms with Crippen LogP contribution in [0.1, 0.15) is 192 Å². The zero-order valence-corrected chi connectivity index (χ0v) is 67.5. The molecule has 99 heavy (non-hydrogen) atoms. The maximum absolute atomic E-state index is 15.7. The number of fused-ring (bicyclic) bond motifs is 10. The van der Waals surface area contributed by atoms with Crippen LogP contribution in [0.2, 0.25) is 54.4 Å². The lowest BCUT2D eigenvalue weighted by molar-refractivity contribution is -0.128. The van der Waals surface area contributed by atoms with Gasteiger partial charge >= 0.3 is 12.1 Å². The van der Waals surface area contributed by atoms with E-state index in [-0.39, 0.29) is 73.1 Å². The number of aliphatic hydroxyl groups excluding tert-OH is 1. The number of carbonyl (C=O) groups excluding carboxylic acids is 7. The molecule has 8 N–H and O–H groups in total. The van der Waals surface area contributed by atoms with Crippen molar-refractivity contribution in [2.24, 2.45) is 9.98 Å². The number of methoxy groups -OCH3 is 1. The molecule has 7 rings (SSSR count). The van der Waals surface area contributed by atoms with Gasteiger partial charge in [-0.05, 0) is 109 Å². The fourth-order valence-corrected chi connectivity index (χ4v) is 21.9.